The molecule has 3 nitrogen and oxygen atoms in total. The van der Waals surface area contributed by atoms with Gasteiger partial charge in [-0.15, -0.1) is 0 Å². The van der Waals surface area contributed by atoms with Crippen molar-refractivity contribution in [3.05, 3.63) is 12.2 Å². The van der Waals surface area contributed by atoms with E-state index in [-0.39, 0.29) is 12.1 Å². The number of ether oxygens (including phenoxy) is 1. The first-order valence-electron chi connectivity index (χ1n) is 7.59. The van der Waals surface area contributed by atoms with Crippen molar-refractivity contribution in [1.29, 1.82) is 0 Å². The van der Waals surface area contributed by atoms with Crippen LogP contribution in [0.25, 0.3) is 0 Å². The van der Waals surface area contributed by atoms with Crippen molar-refractivity contribution in [1.82, 2.24) is 4.31 Å². The smallest absolute Gasteiger partial charge is 0.420 e. The topological polar surface area (TPSA) is 29.5 Å². The molecule has 0 bridgehead atoms. The van der Waals surface area contributed by atoms with E-state index in [2.05, 4.69) is 6.92 Å². The van der Waals surface area contributed by atoms with Crippen molar-refractivity contribution in [2.75, 3.05) is 5.75 Å². The van der Waals surface area contributed by atoms with Crippen LogP contribution in [-0.2, 0) is 4.74 Å². The number of hydrogen-bond donors (Lipinski definition) is 0. The maximum absolute atomic E-state index is 12.2. The summed E-state index contributed by atoms with van der Waals surface area (Å²) < 4.78 is 7.23. The lowest BCUT2D eigenvalue weighted by Gasteiger charge is -2.29. The second-order valence-corrected chi connectivity index (χ2v) is 7.03. The Labute approximate surface area is 129 Å². The number of rotatable bonds is 8. The Morgan fingerprint density at radius 2 is 1.95 bits per heavy atom. The van der Waals surface area contributed by atoms with E-state index in [1.54, 1.807) is 16.3 Å². The van der Waals surface area contributed by atoms with Crippen molar-refractivity contribution >= 4 is 18.0 Å². The van der Waals surface area contributed by atoms with Crippen LogP contribution in [0.5, 0.6) is 0 Å². The fraction of sp³-hybridized carbons (Fsp3) is 0.812. The predicted octanol–water partition coefficient (Wildman–Crippen LogP) is 5.42. The average Bonchev–Trinajstić information content (AvgIpc) is 2.31. The fourth-order valence-electron chi connectivity index (χ4n) is 1.69. The summed E-state index contributed by atoms with van der Waals surface area (Å²) in [6.45, 7) is 11.9. The van der Waals surface area contributed by atoms with Gasteiger partial charge in [-0.05, 0) is 53.0 Å². The first kappa shape index (κ1) is 19.4. The van der Waals surface area contributed by atoms with E-state index in [1.165, 1.54) is 19.3 Å². The Bertz CT molecular complexity index is 297. The molecular weight excluding hydrogens is 270 g/mol. The zero-order chi connectivity index (χ0) is 15.6. The van der Waals surface area contributed by atoms with Gasteiger partial charge in [0.25, 0.3) is 0 Å². The van der Waals surface area contributed by atoms with Gasteiger partial charge in [0.15, 0.2) is 0 Å². The molecule has 20 heavy (non-hydrogen) atoms. The van der Waals surface area contributed by atoms with Gasteiger partial charge in [0, 0.05) is 5.75 Å². The molecule has 0 heterocycles. The van der Waals surface area contributed by atoms with Gasteiger partial charge in [0.05, 0.1) is 6.04 Å². The first-order chi connectivity index (χ1) is 9.31. The molecule has 0 N–H and O–H groups in total. The van der Waals surface area contributed by atoms with E-state index in [9.17, 15) is 4.79 Å². The summed E-state index contributed by atoms with van der Waals surface area (Å²) in [5, 5.41) is 0. The zero-order valence-electron chi connectivity index (χ0n) is 13.9. The molecule has 0 aliphatic rings. The molecular formula is C16H31NO2S. The molecule has 0 unspecified atom stereocenters. The molecule has 0 aromatic rings. The molecule has 0 aliphatic carbocycles. The standard InChI is InChI=1S/C16H31NO2S/c1-7-9-10-11-13-20-17(14(3)12-8-2)15(18)19-16(4,5)6/h8,12,14H,7,9-11,13H2,1-6H3/b12-8+/t14-/m1/s1. The summed E-state index contributed by atoms with van der Waals surface area (Å²) >= 11 is 1.58. The zero-order valence-corrected chi connectivity index (χ0v) is 14.8. The van der Waals surface area contributed by atoms with Crippen LogP contribution < -0.4 is 0 Å². The Kier molecular flexibility index (Phi) is 9.82. The van der Waals surface area contributed by atoms with E-state index in [0.29, 0.717) is 0 Å². The molecule has 4 heteroatoms. The lowest BCUT2D eigenvalue weighted by molar-refractivity contribution is 0.0384. The number of hydrogen-bond acceptors (Lipinski definition) is 3. The molecule has 0 aliphatic heterocycles. The highest BCUT2D eigenvalue weighted by molar-refractivity contribution is 7.97. The molecule has 1 atom stereocenters. The minimum Gasteiger partial charge on any atom is -0.443 e. The number of carbonyl (C=O) groups is 1. The second-order valence-electron chi connectivity index (χ2n) is 5.97. The minimum atomic E-state index is -0.451. The van der Waals surface area contributed by atoms with Crippen LogP contribution >= 0.6 is 11.9 Å². The molecule has 0 spiro atoms. The number of allylic oxidation sites excluding steroid dienone is 1. The van der Waals surface area contributed by atoms with E-state index in [4.69, 9.17) is 4.74 Å². The SMILES string of the molecule is C/C=C/[C@@H](C)N(SCCCCCC)C(=O)OC(C)(C)C. The van der Waals surface area contributed by atoms with Crippen LogP contribution in [0, 0.1) is 0 Å². The van der Waals surface area contributed by atoms with Crippen LogP contribution in [0.4, 0.5) is 4.79 Å². The van der Waals surface area contributed by atoms with Crippen molar-refractivity contribution in [3.8, 4) is 0 Å². The Balaban J connectivity index is 4.45. The summed E-state index contributed by atoms with van der Waals surface area (Å²) in [6.07, 6.45) is 8.60. The van der Waals surface area contributed by atoms with Gasteiger partial charge in [0.1, 0.15) is 5.60 Å². The van der Waals surface area contributed by atoms with E-state index in [1.807, 2.05) is 46.8 Å². The van der Waals surface area contributed by atoms with Crippen LogP contribution in [0.3, 0.4) is 0 Å². The number of carbonyl (C=O) groups excluding carboxylic acids is 1. The highest BCUT2D eigenvalue weighted by Crippen LogP contribution is 2.22. The largest absolute Gasteiger partial charge is 0.443 e. The average molecular weight is 301 g/mol. The molecule has 0 saturated heterocycles. The summed E-state index contributed by atoms with van der Waals surface area (Å²) in [6, 6.07) is 0.0472. The molecule has 0 radical (unpaired) electrons. The van der Waals surface area contributed by atoms with Crippen molar-refractivity contribution in [2.24, 2.45) is 0 Å². The van der Waals surface area contributed by atoms with E-state index in [0.717, 1.165) is 12.2 Å². The third kappa shape index (κ3) is 9.29. The number of unbranched alkanes of at least 4 members (excludes halogenated alkanes) is 3. The van der Waals surface area contributed by atoms with Crippen molar-refractivity contribution in [2.45, 2.75) is 78.9 Å². The highest BCUT2D eigenvalue weighted by atomic mass is 32.2. The Hall–Kier alpha value is -0.640. The van der Waals surface area contributed by atoms with E-state index >= 15 is 0 Å². The van der Waals surface area contributed by atoms with E-state index < -0.39 is 5.60 Å². The highest BCUT2D eigenvalue weighted by Gasteiger charge is 2.25. The maximum Gasteiger partial charge on any atom is 0.420 e. The monoisotopic (exact) mass is 301 g/mol. The van der Waals surface area contributed by atoms with Gasteiger partial charge < -0.3 is 4.74 Å². The molecule has 118 valence electrons. The maximum atomic E-state index is 12.2. The second kappa shape index (κ2) is 10.1. The third-order valence-corrected chi connectivity index (χ3v) is 3.87. The molecule has 0 saturated carbocycles. The van der Waals surface area contributed by atoms with Gasteiger partial charge in [-0.3, -0.25) is 0 Å². The number of amides is 1. The van der Waals surface area contributed by atoms with Gasteiger partial charge in [-0.2, -0.15) is 0 Å². The number of nitrogens with zero attached hydrogens (tertiary/aromatic N) is 1. The Morgan fingerprint density at radius 3 is 2.45 bits per heavy atom. The van der Waals surface area contributed by atoms with Crippen LogP contribution in [0.15, 0.2) is 12.2 Å². The van der Waals surface area contributed by atoms with Crippen LogP contribution in [0.2, 0.25) is 0 Å². The lowest BCUT2D eigenvalue weighted by Crippen LogP contribution is -2.37. The van der Waals surface area contributed by atoms with Gasteiger partial charge in [-0.25, -0.2) is 9.10 Å². The molecule has 0 fully saturated rings. The summed E-state index contributed by atoms with van der Waals surface area (Å²) in [5.41, 5.74) is -0.451. The van der Waals surface area contributed by atoms with Crippen LogP contribution in [0.1, 0.15) is 67.2 Å². The van der Waals surface area contributed by atoms with Gasteiger partial charge >= 0.3 is 6.09 Å². The summed E-state index contributed by atoms with van der Waals surface area (Å²) in [7, 11) is 0. The van der Waals surface area contributed by atoms with Crippen molar-refractivity contribution in [3.63, 3.8) is 0 Å². The molecule has 0 aromatic carbocycles. The summed E-state index contributed by atoms with van der Waals surface area (Å²) in [5.74, 6) is 0.959. The van der Waals surface area contributed by atoms with Gasteiger partial charge in [-0.1, -0.05) is 38.3 Å². The molecule has 0 rings (SSSR count). The normalized spacial score (nSPS) is 13.5. The fourth-order valence-corrected chi connectivity index (χ4v) is 2.67. The Morgan fingerprint density at radius 1 is 1.30 bits per heavy atom. The summed E-state index contributed by atoms with van der Waals surface area (Å²) in [4.78, 5) is 12.2. The minimum absolute atomic E-state index is 0.0472. The van der Waals surface area contributed by atoms with Crippen molar-refractivity contribution < 1.29 is 9.53 Å². The molecule has 0 aromatic heterocycles. The quantitative estimate of drug-likeness (QED) is 0.341. The molecule has 1 amide bonds. The third-order valence-electron chi connectivity index (χ3n) is 2.64. The predicted molar refractivity (Wildman–Crippen MR) is 88.9 cm³/mol. The van der Waals surface area contributed by atoms with Gasteiger partial charge in [0.2, 0.25) is 0 Å². The lowest BCUT2D eigenvalue weighted by atomic mass is 10.2. The first-order valence-corrected chi connectivity index (χ1v) is 8.54. The van der Waals surface area contributed by atoms with Crippen LogP contribution in [-0.4, -0.2) is 27.8 Å².